The van der Waals surface area contributed by atoms with Gasteiger partial charge in [0.1, 0.15) is 0 Å². The van der Waals surface area contributed by atoms with Crippen molar-refractivity contribution in [3.63, 3.8) is 0 Å². The summed E-state index contributed by atoms with van der Waals surface area (Å²) in [6, 6.07) is 10.2. The Hall–Kier alpha value is -1.41. The lowest BCUT2D eigenvalue weighted by atomic mass is 9.96. The van der Waals surface area contributed by atoms with E-state index in [1.165, 1.54) is 5.56 Å². The molecular weight excluding hydrogens is 186 g/mol. The zero-order valence-corrected chi connectivity index (χ0v) is 8.85. The van der Waals surface area contributed by atoms with Crippen molar-refractivity contribution < 1.29 is 5.11 Å². The van der Waals surface area contributed by atoms with Gasteiger partial charge in [-0.15, -0.1) is 0 Å². The van der Waals surface area contributed by atoms with E-state index in [1.807, 2.05) is 12.1 Å². The van der Waals surface area contributed by atoms with Gasteiger partial charge in [-0.1, -0.05) is 19.1 Å². The molecule has 2 nitrogen and oxygen atoms in total. The topological polar surface area (TPSA) is 33.1 Å². The Morgan fingerprint density at radius 2 is 2.20 bits per heavy atom. The Labute approximate surface area is 89.6 Å². The second-order valence-electron chi connectivity index (χ2n) is 3.74. The van der Waals surface area contributed by atoms with E-state index < -0.39 is 0 Å². The molecule has 1 N–H and O–H groups in total. The van der Waals surface area contributed by atoms with Crippen LogP contribution >= 0.6 is 0 Å². The standard InChI is InChI=1S/C13H15NO/c1-2-10(9-15)11-5-6-13-12(8-11)4-3-7-14-13/h3-8,10,15H,2,9H2,1H3. The zero-order chi connectivity index (χ0) is 10.7. The minimum Gasteiger partial charge on any atom is -0.396 e. The first-order valence-corrected chi connectivity index (χ1v) is 5.30. The third-order valence-electron chi connectivity index (χ3n) is 2.81. The first-order chi connectivity index (χ1) is 7.35. The van der Waals surface area contributed by atoms with Crippen LogP contribution in [-0.4, -0.2) is 16.7 Å². The molecule has 0 aliphatic rings. The fourth-order valence-corrected chi connectivity index (χ4v) is 1.82. The maximum Gasteiger partial charge on any atom is 0.0702 e. The van der Waals surface area contributed by atoms with Gasteiger partial charge in [0, 0.05) is 24.1 Å². The number of aliphatic hydroxyl groups excluding tert-OH is 1. The van der Waals surface area contributed by atoms with Crippen molar-refractivity contribution >= 4 is 10.9 Å². The highest BCUT2D eigenvalue weighted by atomic mass is 16.3. The van der Waals surface area contributed by atoms with Crippen LogP contribution in [0.25, 0.3) is 10.9 Å². The number of nitrogens with zero attached hydrogens (tertiary/aromatic N) is 1. The van der Waals surface area contributed by atoms with Crippen LogP contribution in [0.2, 0.25) is 0 Å². The molecule has 15 heavy (non-hydrogen) atoms. The molecule has 1 atom stereocenters. The lowest BCUT2D eigenvalue weighted by Gasteiger charge is -2.12. The van der Waals surface area contributed by atoms with Crippen LogP contribution < -0.4 is 0 Å². The molecule has 0 radical (unpaired) electrons. The zero-order valence-electron chi connectivity index (χ0n) is 8.85. The predicted octanol–water partition coefficient (Wildman–Crippen LogP) is 2.72. The number of aliphatic hydroxyl groups is 1. The van der Waals surface area contributed by atoms with Gasteiger partial charge in [0.2, 0.25) is 0 Å². The van der Waals surface area contributed by atoms with Gasteiger partial charge in [-0.3, -0.25) is 4.98 Å². The van der Waals surface area contributed by atoms with Gasteiger partial charge in [0.05, 0.1) is 5.52 Å². The van der Waals surface area contributed by atoms with Gasteiger partial charge < -0.3 is 5.11 Å². The van der Waals surface area contributed by atoms with E-state index in [4.69, 9.17) is 0 Å². The summed E-state index contributed by atoms with van der Waals surface area (Å²) in [6.07, 6.45) is 2.76. The Morgan fingerprint density at radius 1 is 1.33 bits per heavy atom. The largest absolute Gasteiger partial charge is 0.396 e. The van der Waals surface area contributed by atoms with Crippen LogP contribution in [-0.2, 0) is 0 Å². The van der Waals surface area contributed by atoms with Crippen LogP contribution in [0.3, 0.4) is 0 Å². The molecule has 0 saturated heterocycles. The fraction of sp³-hybridized carbons (Fsp3) is 0.308. The second kappa shape index (κ2) is 4.41. The summed E-state index contributed by atoms with van der Waals surface area (Å²) in [6.45, 7) is 2.30. The minimum atomic E-state index is 0.211. The Morgan fingerprint density at radius 3 is 2.93 bits per heavy atom. The van der Waals surface area contributed by atoms with Gasteiger partial charge in [0.15, 0.2) is 0 Å². The van der Waals surface area contributed by atoms with Crippen LogP contribution in [0.15, 0.2) is 36.5 Å². The van der Waals surface area contributed by atoms with Crippen molar-refractivity contribution in [3.05, 3.63) is 42.1 Å². The summed E-state index contributed by atoms with van der Waals surface area (Å²) in [7, 11) is 0. The highest BCUT2D eigenvalue weighted by Crippen LogP contribution is 2.22. The van der Waals surface area contributed by atoms with Crippen molar-refractivity contribution in [3.8, 4) is 0 Å². The summed E-state index contributed by atoms with van der Waals surface area (Å²) in [5, 5.41) is 10.4. The van der Waals surface area contributed by atoms with Crippen molar-refractivity contribution in [2.75, 3.05) is 6.61 Å². The number of fused-ring (bicyclic) bond motifs is 1. The number of aromatic nitrogens is 1. The lowest BCUT2D eigenvalue weighted by molar-refractivity contribution is 0.262. The van der Waals surface area contributed by atoms with E-state index >= 15 is 0 Å². The minimum absolute atomic E-state index is 0.211. The van der Waals surface area contributed by atoms with E-state index in [0.29, 0.717) is 0 Å². The quantitative estimate of drug-likeness (QED) is 0.828. The second-order valence-corrected chi connectivity index (χ2v) is 3.74. The molecule has 0 amide bonds. The highest BCUT2D eigenvalue weighted by Gasteiger charge is 2.08. The average Bonchev–Trinajstić information content (AvgIpc) is 2.30. The normalized spacial score (nSPS) is 12.9. The van der Waals surface area contributed by atoms with E-state index in [-0.39, 0.29) is 12.5 Å². The van der Waals surface area contributed by atoms with E-state index in [0.717, 1.165) is 17.3 Å². The maximum atomic E-state index is 9.24. The maximum absolute atomic E-state index is 9.24. The Bertz CT molecular complexity index is 449. The smallest absolute Gasteiger partial charge is 0.0702 e. The molecule has 2 aromatic rings. The first-order valence-electron chi connectivity index (χ1n) is 5.30. The summed E-state index contributed by atoms with van der Waals surface area (Å²) >= 11 is 0. The van der Waals surface area contributed by atoms with E-state index in [1.54, 1.807) is 6.20 Å². The molecule has 0 aliphatic heterocycles. The molecule has 0 fully saturated rings. The molecule has 0 saturated carbocycles. The van der Waals surface area contributed by atoms with Gasteiger partial charge in [-0.25, -0.2) is 0 Å². The SMILES string of the molecule is CCC(CO)c1ccc2ncccc2c1. The number of hydrogen-bond acceptors (Lipinski definition) is 2. The van der Waals surface area contributed by atoms with Crippen LogP contribution in [0, 0.1) is 0 Å². The van der Waals surface area contributed by atoms with Crippen LogP contribution in [0.4, 0.5) is 0 Å². The summed E-state index contributed by atoms with van der Waals surface area (Å²) < 4.78 is 0. The lowest BCUT2D eigenvalue weighted by Crippen LogP contribution is -2.02. The number of pyridine rings is 1. The van der Waals surface area contributed by atoms with Crippen molar-refractivity contribution in [1.29, 1.82) is 0 Å². The molecular formula is C13H15NO. The summed E-state index contributed by atoms with van der Waals surface area (Å²) in [5.74, 6) is 0.245. The molecule has 0 spiro atoms. The number of benzene rings is 1. The van der Waals surface area contributed by atoms with Gasteiger partial charge in [-0.05, 0) is 30.2 Å². The van der Waals surface area contributed by atoms with Gasteiger partial charge in [-0.2, -0.15) is 0 Å². The molecule has 1 unspecified atom stereocenters. The molecule has 1 aromatic carbocycles. The summed E-state index contributed by atoms with van der Waals surface area (Å²) in [4.78, 5) is 4.27. The van der Waals surface area contributed by atoms with Crippen LogP contribution in [0.5, 0.6) is 0 Å². The van der Waals surface area contributed by atoms with Crippen LogP contribution in [0.1, 0.15) is 24.8 Å². The van der Waals surface area contributed by atoms with Crippen molar-refractivity contribution in [2.24, 2.45) is 0 Å². The fourth-order valence-electron chi connectivity index (χ4n) is 1.82. The molecule has 0 aliphatic carbocycles. The third kappa shape index (κ3) is 2.00. The third-order valence-corrected chi connectivity index (χ3v) is 2.81. The van der Waals surface area contributed by atoms with Gasteiger partial charge >= 0.3 is 0 Å². The predicted molar refractivity (Wildman–Crippen MR) is 61.9 cm³/mol. The van der Waals surface area contributed by atoms with Gasteiger partial charge in [0.25, 0.3) is 0 Å². The number of rotatable bonds is 3. The molecule has 1 aromatic heterocycles. The van der Waals surface area contributed by atoms with E-state index in [9.17, 15) is 5.11 Å². The first kappa shape index (κ1) is 10.1. The molecule has 2 rings (SSSR count). The highest BCUT2D eigenvalue weighted by molar-refractivity contribution is 5.79. The van der Waals surface area contributed by atoms with Crippen molar-refractivity contribution in [2.45, 2.75) is 19.3 Å². The Kier molecular flexibility index (Phi) is 2.97. The molecule has 2 heteroatoms. The summed E-state index contributed by atoms with van der Waals surface area (Å²) in [5.41, 5.74) is 2.20. The number of hydrogen-bond donors (Lipinski definition) is 1. The molecule has 78 valence electrons. The van der Waals surface area contributed by atoms with Crippen molar-refractivity contribution in [1.82, 2.24) is 4.98 Å². The monoisotopic (exact) mass is 201 g/mol. The van der Waals surface area contributed by atoms with E-state index in [2.05, 4.69) is 30.1 Å². The molecule has 1 heterocycles. The molecule has 0 bridgehead atoms. The Balaban J connectivity index is 2.46. The average molecular weight is 201 g/mol.